The zero-order chi connectivity index (χ0) is 20.3. The second kappa shape index (κ2) is 8.28. The molecule has 4 N–H and O–H groups in total. The Labute approximate surface area is 162 Å². The van der Waals surface area contributed by atoms with Gasteiger partial charge in [0.1, 0.15) is 12.4 Å². The van der Waals surface area contributed by atoms with Crippen LogP contribution < -0.4 is 21.5 Å². The summed E-state index contributed by atoms with van der Waals surface area (Å²) in [6, 6.07) is 7.24. The first-order valence-electron chi connectivity index (χ1n) is 8.78. The normalized spacial score (nSPS) is 13.9. The average molecular weight is 388 g/mol. The molecule has 0 aliphatic carbocycles. The van der Waals surface area contributed by atoms with Crippen LogP contribution >= 0.6 is 0 Å². The van der Waals surface area contributed by atoms with Crippen molar-refractivity contribution in [3.05, 3.63) is 45.7 Å². The number of rotatable bonds is 7. The maximum atomic E-state index is 12.3. The number of ether oxygens (including phenoxy) is 2. The Kier molecular flexibility index (Phi) is 5.81. The van der Waals surface area contributed by atoms with E-state index in [1.54, 1.807) is 24.0 Å². The van der Waals surface area contributed by atoms with E-state index in [1.165, 1.54) is 0 Å². The van der Waals surface area contributed by atoms with Gasteiger partial charge in [0.15, 0.2) is 5.82 Å². The van der Waals surface area contributed by atoms with E-state index in [-0.39, 0.29) is 18.2 Å². The van der Waals surface area contributed by atoms with Crippen LogP contribution in [0.4, 0.5) is 17.5 Å². The minimum absolute atomic E-state index is 0.0228. The molecule has 0 spiro atoms. The molecule has 1 aromatic heterocycles. The second-order valence-corrected chi connectivity index (χ2v) is 6.73. The number of anilines is 3. The molecule has 150 valence electrons. The van der Waals surface area contributed by atoms with E-state index in [2.05, 4.69) is 15.3 Å². The first kappa shape index (κ1) is 19.6. The van der Waals surface area contributed by atoms with Gasteiger partial charge >= 0.3 is 5.97 Å². The largest absolute Gasteiger partial charge is 0.432 e. The highest BCUT2D eigenvalue weighted by atomic mass is 16.7. The van der Waals surface area contributed by atoms with Crippen molar-refractivity contribution in [1.29, 1.82) is 0 Å². The molecule has 1 aliphatic heterocycles. The van der Waals surface area contributed by atoms with Crippen molar-refractivity contribution in [2.75, 3.05) is 43.4 Å². The predicted molar refractivity (Wildman–Crippen MR) is 105 cm³/mol. The van der Waals surface area contributed by atoms with Gasteiger partial charge in [-0.2, -0.15) is 4.98 Å². The number of nitrogens with one attached hydrogen (secondary N) is 2. The van der Waals surface area contributed by atoms with Crippen LogP contribution in [-0.4, -0.2) is 54.6 Å². The fraction of sp³-hybridized carbons (Fsp3) is 0.389. The van der Waals surface area contributed by atoms with Gasteiger partial charge in [-0.3, -0.25) is 9.78 Å². The third-order valence-electron chi connectivity index (χ3n) is 4.09. The second-order valence-electron chi connectivity index (χ2n) is 6.73. The van der Waals surface area contributed by atoms with Crippen molar-refractivity contribution < 1.29 is 14.3 Å². The lowest BCUT2D eigenvalue weighted by atomic mass is 10.1. The van der Waals surface area contributed by atoms with Gasteiger partial charge in [-0.15, -0.1) is 0 Å². The number of hydrogen-bond donors (Lipinski definition) is 3. The summed E-state index contributed by atoms with van der Waals surface area (Å²) in [6.45, 7) is 2.83. The molecule has 2 aromatic rings. The standard InChI is InChI=1S/C18H24N6O4/c1-11(28-17(26)13-6-4-12(5-7-13)8-23(2)3)27-10-24-9-20-14-15(24)21-18(19)22-16(14)25/h4-7,11,20H,8-10H2,1-3H3,(H3,19,21,22,25). The molecule has 10 nitrogen and oxygen atoms in total. The van der Waals surface area contributed by atoms with E-state index >= 15 is 0 Å². The number of carbonyl (C=O) groups excluding carboxylic acids is 1. The number of H-pyrrole nitrogens is 1. The van der Waals surface area contributed by atoms with Crippen molar-refractivity contribution in [2.24, 2.45) is 0 Å². The molecule has 10 heteroatoms. The van der Waals surface area contributed by atoms with Crippen LogP contribution in [0.1, 0.15) is 22.8 Å². The van der Waals surface area contributed by atoms with Gasteiger partial charge < -0.3 is 30.3 Å². The SMILES string of the molecule is CC(OCN1CNc2c1nc(N)[nH]c2=O)OC(=O)c1ccc(CN(C)C)cc1. The number of aromatic amines is 1. The smallest absolute Gasteiger partial charge is 0.340 e. The number of nitrogen functional groups attached to an aromatic ring is 1. The summed E-state index contributed by atoms with van der Waals surface area (Å²) in [7, 11) is 3.96. The molecule has 1 unspecified atom stereocenters. The third-order valence-corrected chi connectivity index (χ3v) is 4.09. The highest BCUT2D eigenvalue weighted by Gasteiger charge is 2.24. The predicted octanol–water partition coefficient (Wildman–Crippen LogP) is 0.780. The van der Waals surface area contributed by atoms with Crippen LogP contribution in [0.15, 0.2) is 29.1 Å². The molecular formula is C18H24N6O4. The first-order chi connectivity index (χ1) is 13.3. The lowest BCUT2D eigenvalue weighted by Crippen LogP contribution is -2.30. The van der Waals surface area contributed by atoms with Crippen LogP contribution in [-0.2, 0) is 16.0 Å². The molecule has 0 fully saturated rings. The minimum Gasteiger partial charge on any atom is -0.432 e. The molecule has 1 atom stereocenters. The molecule has 3 rings (SSSR count). The summed E-state index contributed by atoms with van der Waals surface area (Å²) >= 11 is 0. The highest BCUT2D eigenvalue weighted by molar-refractivity contribution is 5.89. The van der Waals surface area contributed by atoms with Crippen LogP contribution in [0.2, 0.25) is 0 Å². The van der Waals surface area contributed by atoms with Gasteiger partial charge in [0, 0.05) is 6.54 Å². The summed E-state index contributed by atoms with van der Waals surface area (Å²) in [6.07, 6.45) is -0.780. The van der Waals surface area contributed by atoms with E-state index in [0.717, 1.165) is 12.1 Å². The Morgan fingerprint density at radius 2 is 2.07 bits per heavy atom. The number of fused-ring (bicyclic) bond motifs is 1. The van der Waals surface area contributed by atoms with Gasteiger partial charge in [0.05, 0.1) is 12.2 Å². The summed E-state index contributed by atoms with van der Waals surface area (Å²) in [5, 5.41) is 2.93. The van der Waals surface area contributed by atoms with Crippen molar-refractivity contribution in [3.8, 4) is 0 Å². The average Bonchev–Trinajstić information content (AvgIpc) is 3.03. The van der Waals surface area contributed by atoms with E-state index in [9.17, 15) is 9.59 Å². The van der Waals surface area contributed by atoms with E-state index in [1.807, 2.05) is 31.1 Å². The maximum Gasteiger partial charge on any atom is 0.340 e. The maximum absolute atomic E-state index is 12.3. The summed E-state index contributed by atoms with van der Waals surface area (Å²) in [5.41, 5.74) is 7.13. The zero-order valence-corrected chi connectivity index (χ0v) is 16.1. The van der Waals surface area contributed by atoms with Gasteiger partial charge in [0.2, 0.25) is 12.2 Å². The van der Waals surface area contributed by atoms with Crippen LogP contribution in [0.25, 0.3) is 0 Å². The number of nitrogens with zero attached hydrogens (tertiary/aromatic N) is 3. The molecule has 28 heavy (non-hydrogen) atoms. The van der Waals surface area contributed by atoms with Crippen LogP contribution in [0.3, 0.4) is 0 Å². The minimum atomic E-state index is -0.780. The number of esters is 1. The molecular weight excluding hydrogens is 364 g/mol. The molecule has 0 bridgehead atoms. The van der Waals surface area contributed by atoms with E-state index in [0.29, 0.717) is 23.7 Å². The Balaban J connectivity index is 1.53. The number of nitrogens with two attached hydrogens (primary N) is 1. The van der Waals surface area contributed by atoms with E-state index < -0.39 is 12.3 Å². The van der Waals surface area contributed by atoms with Gasteiger partial charge in [-0.05, 0) is 38.7 Å². The van der Waals surface area contributed by atoms with Crippen molar-refractivity contribution in [2.45, 2.75) is 19.8 Å². The molecule has 1 aromatic carbocycles. The van der Waals surface area contributed by atoms with Crippen LogP contribution in [0, 0.1) is 0 Å². The van der Waals surface area contributed by atoms with Gasteiger partial charge in [-0.25, -0.2) is 4.79 Å². The Morgan fingerprint density at radius 1 is 1.36 bits per heavy atom. The fourth-order valence-corrected chi connectivity index (χ4v) is 2.78. The Morgan fingerprint density at radius 3 is 2.75 bits per heavy atom. The zero-order valence-electron chi connectivity index (χ0n) is 16.1. The fourth-order valence-electron chi connectivity index (χ4n) is 2.78. The van der Waals surface area contributed by atoms with Crippen LogP contribution in [0.5, 0.6) is 0 Å². The number of aromatic nitrogens is 2. The number of hydrogen-bond acceptors (Lipinski definition) is 9. The van der Waals surface area contributed by atoms with Crippen molar-refractivity contribution in [1.82, 2.24) is 14.9 Å². The summed E-state index contributed by atoms with van der Waals surface area (Å²) < 4.78 is 10.9. The summed E-state index contributed by atoms with van der Waals surface area (Å²) in [5.74, 6) is -0.0476. The first-order valence-corrected chi connectivity index (χ1v) is 8.78. The lowest BCUT2D eigenvalue weighted by molar-refractivity contribution is -0.0972. The van der Waals surface area contributed by atoms with Gasteiger partial charge in [-0.1, -0.05) is 12.1 Å². The molecule has 1 aliphatic rings. The monoisotopic (exact) mass is 388 g/mol. The Bertz CT molecular complexity index is 896. The topological polar surface area (TPSA) is 126 Å². The quantitative estimate of drug-likeness (QED) is 0.466. The highest BCUT2D eigenvalue weighted by Crippen LogP contribution is 2.25. The number of benzene rings is 1. The lowest BCUT2D eigenvalue weighted by Gasteiger charge is -2.20. The molecule has 0 amide bonds. The van der Waals surface area contributed by atoms with Crippen molar-refractivity contribution >= 4 is 23.4 Å². The third kappa shape index (κ3) is 4.59. The molecule has 2 heterocycles. The Hall–Kier alpha value is -3.11. The molecule has 0 radical (unpaired) electrons. The molecule has 0 saturated carbocycles. The molecule has 0 saturated heterocycles. The van der Waals surface area contributed by atoms with E-state index in [4.69, 9.17) is 15.2 Å². The van der Waals surface area contributed by atoms with Gasteiger partial charge in [0.25, 0.3) is 5.56 Å². The number of carbonyl (C=O) groups is 1. The van der Waals surface area contributed by atoms with Crippen molar-refractivity contribution in [3.63, 3.8) is 0 Å². The summed E-state index contributed by atoms with van der Waals surface area (Å²) in [4.78, 5) is 34.3.